The van der Waals surface area contributed by atoms with Gasteiger partial charge in [0.05, 0.1) is 6.10 Å². The van der Waals surface area contributed by atoms with Crippen molar-refractivity contribution in [1.29, 1.82) is 0 Å². The van der Waals surface area contributed by atoms with Crippen LogP contribution in [0, 0.1) is 0 Å². The van der Waals surface area contributed by atoms with Crippen molar-refractivity contribution < 1.29 is 9.47 Å². The largest absolute Gasteiger partial charge is 0.474 e. The molecule has 0 bridgehead atoms. The van der Waals surface area contributed by atoms with E-state index in [4.69, 9.17) is 15.2 Å². The Hall–Kier alpha value is -1.13. The molecule has 1 heterocycles. The number of pyridine rings is 1. The Morgan fingerprint density at radius 1 is 1.41 bits per heavy atom. The summed E-state index contributed by atoms with van der Waals surface area (Å²) in [5.74, 6) is 0.676. The molecule has 0 spiro atoms. The van der Waals surface area contributed by atoms with Crippen LogP contribution in [0.15, 0.2) is 18.3 Å². The molecule has 1 aromatic rings. The monoisotopic (exact) mass is 236 g/mol. The van der Waals surface area contributed by atoms with Gasteiger partial charge in [-0.2, -0.15) is 0 Å². The lowest BCUT2D eigenvalue weighted by Crippen LogP contribution is -2.29. The molecule has 94 valence electrons. The standard InChI is InChI=1S/C13H20N2O2/c1-16-11-3-2-4-12(8-11)17-13-7-10(9-14)5-6-15-13/h5-7,11-12H,2-4,8-9,14H2,1H3. The molecule has 0 amide bonds. The molecule has 0 radical (unpaired) electrons. The van der Waals surface area contributed by atoms with E-state index in [0.29, 0.717) is 18.5 Å². The van der Waals surface area contributed by atoms with Gasteiger partial charge in [-0.1, -0.05) is 0 Å². The zero-order chi connectivity index (χ0) is 12.1. The number of nitrogens with zero attached hydrogens (tertiary/aromatic N) is 1. The highest BCUT2D eigenvalue weighted by Gasteiger charge is 2.23. The maximum absolute atomic E-state index is 5.88. The van der Waals surface area contributed by atoms with Crippen molar-refractivity contribution in [3.63, 3.8) is 0 Å². The Balaban J connectivity index is 1.95. The zero-order valence-electron chi connectivity index (χ0n) is 10.3. The van der Waals surface area contributed by atoms with Gasteiger partial charge in [-0.3, -0.25) is 0 Å². The van der Waals surface area contributed by atoms with Gasteiger partial charge in [-0.05, 0) is 30.9 Å². The molecule has 2 N–H and O–H groups in total. The minimum absolute atomic E-state index is 0.217. The number of nitrogens with two attached hydrogens (primary N) is 1. The molecule has 0 saturated heterocycles. The lowest BCUT2D eigenvalue weighted by molar-refractivity contribution is 0.0195. The second kappa shape index (κ2) is 5.98. The second-order valence-electron chi connectivity index (χ2n) is 4.47. The molecule has 4 nitrogen and oxygen atoms in total. The third-order valence-corrected chi connectivity index (χ3v) is 3.23. The summed E-state index contributed by atoms with van der Waals surface area (Å²) in [6.45, 7) is 0.518. The molecular formula is C13H20N2O2. The Kier molecular flexibility index (Phi) is 4.34. The van der Waals surface area contributed by atoms with Crippen LogP contribution in [-0.4, -0.2) is 24.3 Å². The fraction of sp³-hybridized carbons (Fsp3) is 0.615. The van der Waals surface area contributed by atoms with Crippen LogP contribution in [0.2, 0.25) is 0 Å². The van der Waals surface area contributed by atoms with E-state index in [-0.39, 0.29) is 6.10 Å². The molecular weight excluding hydrogens is 216 g/mol. The predicted molar refractivity (Wildman–Crippen MR) is 65.8 cm³/mol. The summed E-state index contributed by atoms with van der Waals surface area (Å²) in [6.07, 6.45) is 6.60. The number of hydrogen-bond donors (Lipinski definition) is 1. The van der Waals surface area contributed by atoms with Gasteiger partial charge in [-0.15, -0.1) is 0 Å². The highest BCUT2D eigenvalue weighted by molar-refractivity contribution is 5.20. The van der Waals surface area contributed by atoms with Gasteiger partial charge in [0.2, 0.25) is 5.88 Å². The van der Waals surface area contributed by atoms with E-state index in [1.54, 1.807) is 13.3 Å². The molecule has 1 fully saturated rings. The predicted octanol–water partition coefficient (Wildman–Crippen LogP) is 1.88. The van der Waals surface area contributed by atoms with Crippen molar-refractivity contribution in [2.75, 3.05) is 7.11 Å². The van der Waals surface area contributed by atoms with E-state index in [0.717, 1.165) is 31.2 Å². The van der Waals surface area contributed by atoms with Crippen LogP contribution >= 0.6 is 0 Å². The van der Waals surface area contributed by atoms with Crippen LogP contribution in [0.1, 0.15) is 31.2 Å². The summed E-state index contributed by atoms with van der Waals surface area (Å²) in [7, 11) is 1.76. The van der Waals surface area contributed by atoms with E-state index in [1.807, 2.05) is 12.1 Å². The van der Waals surface area contributed by atoms with Crippen LogP contribution in [0.3, 0.4) is 0 Å². The summed E-state index contributed by atoms with van der Waals surface area (Å²) in [5, 5.41) is 0. The molecule has 2 rings (SSSR count). The van der Waals surface area contributed by atoms with Crippen molar-refractivity contribution in [1.82, 2.24) is 4.98 Å². The van der Waals surface area contributed by atoms with Crippen LogP contribution in [-0.2, 0) is 11.3 Å². The van der Waals surface area contributed by atoms with E-state index in [2.05, 4.69) is 4.98 Å². The maximum Gasteiger partial charge on any atom is 0.213 e. The summed E-state index contributed by atoms with van der Waals surface area (Å²) in [4.78, 5) is 4.21. The van der Waals surface area contributed by atoms with E-state index in [1.165, 1.54) is 0 Å². The molecule has 1 aliphatic carbocycles. The van der Waals surface area contributed by atoms with Crippen molar-refractivity contribution in [2.45, 2.75) is 44.4 Å². The fourth-order valence-corrected chi connectivity index (χ4v) is 2.24. The van der Waals surface area contributed by atoms with E-state index < -0.39 is 0 Å². The SMILES string of the molecule is COC1CCCC(Oc2cc(CN)ccn2)C1. The highest BCUT2D eigenvalue weighted by Crippen LogP contribution is 2.24. The van der Waals surface area contributed by atoms with Crippen LogP contribution in [0.5, 0.6) is 5.88 Å². The summed E-state index contributed by atoms with van der Waals surface area (Å²) in [5.41, 5.74) is 6.64. The summed E-state index contributed by atoms with van der Waals surface area (Å²) >= 11 is 0. The summed E-state index contributed by atoms with van der Waals surface area (Å²) < 4.78 is 11.3. The molecule has 1 saturated carbocycles. The van der Waals surface area contributed by atoms with Crippen LogP contribution in [0.25, 0.3) is 0 Å². The number of ether oxygens (including phenoxy) is 2. The van der Waals surface area contributed by atoms with Gasteiger partial charge < -0.3 is 15.2 Å². The Morgan fingerprint density at radius 2 is 2.24 bits per heavy atom. The topological polar surface area (TPSA) is 57.4 Å². The number of methoxy groups -OCH3 is 1. The van der Waals surface area contributed by atoms with Crippen molar-refractivity contribution in [3.05, 3.63) is 23.9 Å². The van der Waals surface area contributed by atoms with Gasteiger partial charge >= 0.3 is 0 Å². The first-order valence-corrected chi connectivity index (χ1v) is 6.16. The van der Waals surface area contributed by atoms with Gasteiger partial charge in [0.15, 0.2) is 0 Å². The average Bonchev–Trinajstić information content (AvgIpc) is 2.39. The quantitative estimate of drug-likeness (QED) is 0.867. The molecule has 4 heteroatoms. The van der Waals surface area contributed by atoms with Crippen molar-refractivity contribution in [2.24, 2.45) is 5.73 Å². The first-order valence-electron chi connectivity index (χ1n) is 6.16. The highest BCUT2D eigenvalue weighted by atomic mass is 16.5. The number of rotatable bonds is 4. The maximum atomic E-state index is 5.88. The van der Waals surface area contributed by atoms with Gasteiger partial charge in [-0.25, -0.2) is 4.98 Å². The average molecular weight is 236 g/mol. The van der Waals surface area contributed by atoms with Crippen molar-refractivity contribution >= 4 is 0 Å². The van der Waals surface area contributed by atoms with Gasteiger partial charge in [0, 0.05) is 32.3 Å². The first kappa shape index (κ1) is 12.3. The Bertz CT molecular complexity index is 357. The molecule has 2 atom stereocenters. The third kappa shape index (κ3) is 3.41. The molecule has 1 aromatic heterocycles. The Labute approximate surface area is 102 Å². The molecule has 0 aliphatic heterocycles. The third-order valence-electron chi connectivity index (χ3n) is 3.23. The lowest BCUT2D eigenvalue weighted by Gasteiger charge is -2.28. The van der Waals surface area contributed by atoms with Crippen LogP contribution < -0.4 is 10.5 Å². The summed E-state index contributed by atoms with van der Waals surface area (Å²) in [6, 6.07) is 3.82. The minimum atomic E-state index is 0.217. The fourth-order valence-electron chi connectivity index (χ4n) is 2.24. The molecule has 2 unspecified atom stereocenters. The smallest absolute Gasteiger partial charge is 0.213 e. The van der Waals surface area contributed by atoms with Gasteiger partial charge in [0.1, 0.15) is 6.10 Å². The lowest BCUT2D eigenvalue weighted by atomic mass is 9.95. The molecule has 17 heavy (non-hydrogen) atoms. The zero-order valence-corrected chi connectivity index (χ0v) is 10.3. The van der Waals surface area contributed by atoms with Crippen molar-refractivity contribution in [3.8, 4) is 5.88 Å². The van der Waals surface area contributed by atoms with Crippen LogP contribution in [0.4, 0.5) is 0 Å². The first-order chi connectivity index (χ1) is 8.31. The molecule has 0 aromatic carbocycles. The normalized spacial score (nSPS) is 24.6. The second-order valence-corrected chi connectivity index (χ2v) is 4.47. The van der Waals surface area contributed by atoms with Gasteiger partial charge in [0.25, 0.3) is 0 Å². The van der Waals surface area contributed by atoms with E-state index in [9.17, 15) is 0 Å². The van der Waals surface area contributed by atoms with E-state index >= 15 is 0 Å². The Morgan fingerprint density at radius 3 is 3.00 bits per heavy atom. The number of aromatic nitrogens is 1. The number of hydrogen-bond acceptors (Lipinski definition) is 4. The molecule has 1 aliphatic rings. The minimum Gasteiger partial charge on any atom is -0.474 e.